The van der Waals surface area contributed by atoms with Crippen molar-refractivity contribution in [1.82, 2.24) is 0 Å². The van der Waals surface area contributed by atoms with Crippen LogP contribution in [0, 0.1) is 5.92 Å². The summed E-state index contributed by atoms with van der Waals surface area (Å²) in [7, 11) is -1.83. The monoisotopic (exact) mass is 260 g/mol. The third kappa shape index (κ3) is 3.79. The molecule has 0 bridgehead atoms. The zero-order chi connectivity index (χ0) is 13.3. The second-order valence-corrected chi connectivity index (χ2v) is 11.1. The smallest absolute Gasteiger partial charge is 0.308 e. The van der Waals surface area contributed by atoms with Gasteiger partial charge in [-0.1, -0.05) is 20.8 Å². The van der Waals surface area contributed by atoms with E-state index >= 15 is 0 Å². The van der Waals surface area contributed by atoms with Crippen molar-refractivity contribution in [1.29, 1.82) is 0 Å². The molecule has 2 unspecified atom stereocenters. The van der Waals surface area contributed by atoms with Crippen LogP contribution in [0.2, 0.25) is 18.1 Å². The summed E-state index contributed by atoms with van der Waals surface area (Å²) in [5, 5.41) is 9.13. The minimum Gasteiger partial charge on any atom is -0.481 e. The van der Waals surface area contributed by atoms with Crippen LogP contribution in [0.5, 0.6) is 0 Å². The fraction of sp³-hybridized carbons (Fsp3) is 0.917. The van der Waals surface area contributed by atoms with E-state index < -0.39 is 20.2 Å². The maximum atomic E-state index is 10.9. The summed E-state index contributed by atoms with van der Waals surface area (Å²) in [5.41, 5.74) is 0. The number of hydrogen-bond donors (Lipinski definition) is 1. The lowest BCUT2D eigenvalue weighted by molar-refractivity contribution is -0.149. The molecule has 0 aromatic carbocycles. The summed E-state index contributed by atoms with van der Waals surface area (Å²) in [6, 6.07) is 0. The SMILES string of the molecule is CC(C)(C)[Si](C)(C)OC1COCC(C(=O)O)C1. The van der Waals surface area contributed by atoms with Crippen LogP contribution in [0.25, 0.3) is 0 Å². The molecule has 1 aliphatic rings. The van der Waals surface area contributed by atoms with Crippen molar-refractivity contribution in [3.63, 3.8) is 0 Å². The molecule has 0 saturated carbocycles. The van der Waals surface area contributed by atoms with Crippen LogP contribution in [-0.2, 0) is 14.0 Å². The Hall–Kier alpha value is -0.393. The molecule has 100 valence electrons. The van der Waals surface area contributed by atoms with E-state index in [0.717, 1.165) is 0 Å². The predicted octanol–water partition coefficient (Wildman–Crippen LogP) is 2.50. The Kier molecular flexibility index (Phi) is 4.38. The summed E-state index contributed by atoms with van der Waals surface area (Å²) < 4.78 is 11.5. The Morgan fingerprint density at radius 1 is 1.35 bits per heavy atom. The molecule has 1 N–H and O–H groups in total. The Labute approximate surface area is 104 Å². The van der Waals surface area contributed by atoms with Gasteiger partial charge in [-0.3, -0.25) is 4.79 Å². The molecule has 2 atom stereocenters. The fourth-order valence-corrected chi connectivity index (χ4v) is 2.99. The van der Waals surface area contributed by atoms with E-state index in [1.807, 2.05) is 0 Å². The Morgan fingerprint density at radius 2 is 1.94 bits per heavy atom. The fourth-order valence-electron chi connectivity index (χ4n) is 1.64. The molecule has 4 nitrogen and oxygen atoms in total. The zero-order valence-corrected chi connectivity index (χ0v) is 12.4. The minimum atomic E-state index is -1.83. The van der Waals surface area contributed by atoms with E-state index in [2.05, 4.69) is 33.9 Å². The largest absolute Gasteiger partial charge is 0.481 e. The van der Waals surface area contributed by atoms with E-state index in [1.54, 1.807) is 0 Å². The normalized spacial score (nSPS) is 26.9. The van der Waals surface area contributed by atoms with Crippen LogP contribution in [0.15, 0.2) is 0 Å². The topological polar surface area (TPSA) is 55.8 Å². The lowest BCUT2D eigenvalue weighted by Gasteiger charge is -2.41. The highest BCUT2D eigenvalue weighted by Crippen LogP contribution is 2.38. The van der Waals surface area contributed by atoms with Gasteiger partial charge in [0.2, 0.25) is 0 Å². The van der Waals surface area contributed by atoms with E-state index in [4.69, 9.17) is 14.3 Å². The summed E-state index contributed by atoms with van der Waals surface area (Å²) >= 11 is 0. The lowest BCUT2D eigenvalue weighted by atomic mass is 10.0. The highest BCUT2D eigenvalue weighted by molar-refractivity contribution is 6.74. The van der Waals surface area contributed by atoms with Gasteiger partial charge in [-0.05, 0) is 24.6 Å². The Balaban J connectivity index is 2.60. The third-order valence-corrected chi connectivity index (χ3v) is 8.32. The standard InChI is InChI=1S/C12H24O4Si/c1-12(2,3)17(4,5)16-10-6-9(11(13)14)7-15-8-10/h9-10H,6-8H2,1-5H3,(H,13,14). The van der Waals surface area contributed by atoms with Gasteiger partial charge in [-0.15, -0.1) is 0 Å². The first-order valence-corrected chi connectivity index (χ1v) is 9.02. The number of rotatable bonds is 3. The second kappa shape index (κ2) is 5.08. The van der Waals surface area contributed by atoms with Crippen LogP contribution in [0.4, 0.5) is 0 Å². The van der Waals surface area contributed by atoms with Crippen LogP contribution >= 0.6 is 0 Å². The molecule has 0 aromatic rings. The number of aliphatic carboxylic acids is 1. The first-order valence-electron chi connectivity index (χ1n) is 6.12. The van der Waals surface area contributed by atoms with Gasteiger partial charge >= 0.3 is 5.97 Å². The number of carboxylic acid groups (broad SMARTS) is 1. The molecule has 0 aliphatic carbocycles. The molecule has 17 heavy (non-hydrogen) atoms. The van der Waals surface area contributed by atoms with Crippen molar-refractivity contribution in [2.45, 2.75) is 51.4 Å². The maximum absolute atomic E-state index is 10.9. The van der Waals surface area contributed by atoms with Gasteiger partial charge in [0.1, 0.15) is 0 Å². The summed E-state index contributed by atoms with van der Waals surface area (Å²) in [5.74, 6) is -1.20. The third-order valence-electron chi connectivity index (χ3n) is 3.79. The molecule has 1 fully saturated rings. The molecule has 0 radical (unpaired) electrons. The lowest BCUT2D eigenvalue weighted by Crippen LogP contribution is -2.47. The van der Waals surface area contributed by atoms with Crippen molar-refractivity contribution in [2.24, 2.45) is 5.92 Å². The number of carbonyl (C=O) groups is 1. The highest BCUT2D eigenvalue weighted by atomic mass is 28.4. The molecule has 5 heteroatoms. The number of ether oxygens (including phenoxy) is 1. The molecule has 0 aromatic heterocycles. The molecule has 0 amide bonds. The minimum absolute atomic E-state index is 0.0641. The number of carboxylic acids is 1. The quantitative estimate of drug-likeness (QED) is 0.792. The van der Waals surface area contributed by atoms with Crippen LogP contribution in [0.1, 0.15) is 27.2 Å². The van der Waals surface area contributed by atoms with E-state index in [9.17, 15) is 4.79 Å². The predicted molar refractivity (Wildman–Crippen MR) is 68.6 cm³/mol. The van der Waals surface area contributed by atoms with Gasteiger partial charge in [0.05, 0.1) is 25.2 Å². The average molecular weight is 260 g/mol. The van der Waals surface area contributed by atoms with Crippen molar-refractivity contribution < 1.29 is 19.1 Å². The zero-order valence-electron chi connectivity index (χ0n) is 11.4. The highest BCUT2D eigenvalue weighted by Gasteiger charge is 2.40. The molecule has 1 saturated heterocycles. The first kappa shape index (κ1) is 14.7. The van der Waals surface area contributed by atoms with Crippen LogP contribution in [-0.4, -0.2) is 38.7 Å². The Morgan fingerprint density at radius 3 is 2.41 bits per heavy atom. The molecule has 1 rings (SSSR count). The summed E-state index contributed by atoms with van der Waals surface area (Å²) in [6.45, 7) is 11.7. The molecule has 1 aliphatic heterocycles. The van der Waals surface area contributed by atoms with Crippen molar-refractivity contribution >= 4 is 14.3 Å². The van der Waals surface area contributed by atoms with E-state index in [1.165, 1.54) is 0 Å². The maximum Gasteiger partial charge on any atom is 0.308 e. The average Bonchev–Trinajstić information content (AvgIpc) is 2.15. The van der Waals surface area contributed by atoms with Gasteiger partial charge in [-0.2, -0.15) is 0 Å². The van der Waals surface area contributed by atoms with Gasteiger partial charge in [0.15, 0.2) is 8.32 Å². The van der Waals surface area contributed by atoms with Crippen molar-refractivity contribution in [2.75, 3.05) is 13.2 Å². The molecule has 0 spiro atoms. The summed E-state index contributed by atoms with van der Waals surface area (Å²) in [6.07, 6.45) is 0.507. The van der Waals surface area contributed by atoms with Gasteiger partial charge < -0.3 is 14.3 Å². The van der Waals surface area contributed by atoms with E-state index in [0.29, 0.717) is 19.6 Å². The first-order chi connectivity index (χ1) is 7.63. The van der Waals surface area contributed by atoms with E-state index in [-0.39, 0.29) is 11.1 Å². The van der Waals surface area contributed by atoms with Crippen LogP contribution < -0.4 is 0 Å². The number of hydrogen-bond acceptors (Lipinski definition) is 3. The molecular formula is C12H24O4Si. The van der Waals surface area contributed by atoms with Gasteiger partial charge in [0, 0.05) is 0 Å². The van der Waals surface area contributed by atoms with Crippen molar-refractivity contribution in [3.05, 3.63) is 0 Å². The Bertz CT molecular complexity index is 283. The van der Waals surface area contributed by atoms with Gasteiger partial charge in [-0.25, -0.2) is 0 Å². The molecular weight excluding hydrogens is 236 g/mol. The van der Waals surface area contributed by atoms with Crippen LogP contribution in [0.3, 0.4) is 0 Å². The second-order valence-electron chi connectivity index (χ2n) is 6.31. The van der Waals surface area contributed by atoms with Crippen molar-refractivity contribution in [3.8, 4) is 0 Å². The van der Waals surface area contributed by atoms with Gasteiger partial charge in [0.25, 0.3) is 0 Å². The summed E-state index contributed by atoms with van der Waals surface area (Å²) in [4.78, 5) is 10.9. The molecule has 1 heterocycles.